The third kappa shape index (κ3) is 2.93. The van der Waals surface area contributed by atoms with E-state index in [1.54, 1.807) is 6.07 Å². The fourth-order valence-electron chi connectivity index (χ4n) is 4.36. The van der Waals surface area contributed by atoms with Crippen LogP contribution in [0.4, 0.5) is 10.1 Å². The van der Waals surface area contributed by atoms with Crippen LogP contribution in [-0.4, -0.2) is 41.4 Å². The number of aromatic amines is 1. The van der Waals surface area contributed by atoms with Crippen LogP contribution in [0.25, 0.3) is 21.1 Å². The van der Waals surface area contributed by atoms with Crippen molar-refractivity contribution in [2.24, 2.45) is 16.8 Å². The number of aromatic nitrogens is 2. The van der Waals surface area contributed by atoms with Gasteiger partial charge < -0.3 is 20.0 Å². The van der Waals surface area contributed by atoms with Crippen molar-refractivity contribution in [1.82, 2.24) is 8.94 Å². The molecule has 1 saturated heterocycles. The van der Waals surface area contributed by atoms with Crippen LogP contribution in [0.3, 0.4) is 0 Å². The molecule has 1 aromatic carbocycles. The summed E-state index contributed by atoms with van der Waals surface area (Å²) in [5.74, 6) is -0.507. The van der Waals surface area contributed by atoms with Crippen molar-refractivity contribution in [2.75, 3.05) is 31.6 Å². The Labute approximate surface area is 174 Å². The highest BCUT2D eigenvalue weighted by Crippen LogP contribution is 2.41. The third-order valence-corrected chi connectivity index (χ3v) is 6.87. The monoisotopic (exact) mass is 431 g/mol. The van der Waals surface area contributed by atoms with Gasteiger partial charge in [0, 0.05) is 43.4 Å². The second kappa shape index (κ2) is 7.21. The molecule has 2 fully saturated rings. The summed E-state index contributed by atoms with van der Waals surface area (Å²) < 4.78 is 19.9. The van der Waals surface area contributed by atoms with Crippen molar-refractivity contribution < 1.29 is 9.23 Å². The van der Waals surface area contributed by atoms with Crippen molar-refractivity contribution in [3.63, 3.8) is 0 Å². The van der Waals surface area contributed by atoms with Gasteiger partial charge >= 0.3 is 0 Å². The maximum absolute atomic E-state index is 15.2. The molecule has 158 valence electrons. The van der Waals surface area contributed by atoms with Gasteiger partial charge in [0.1, 0.15) is 23.1 Å². The number of rotatable bonds is 4. The lowest BCUT2D eigenvalue weighted by Crippen LogP contribution is -2.44. The van der Waals surface area contributed by atoms with Crippen molar-refractivity contribution in [3.05, 3.63) is 38.5 Å². The Kier molecular flexibility index (Phi) is 4.62. The van der Waals surface area contributed by atoms with E-state index in [1.807, 2.05) is 9.47 Å². The van der Waals surface area contributed by atoms with Crippen LogP contribution in [0.2, 0.25) is 0 Å². The van der Waals surface area contributed by atoms with Crippen molar-refractivity contribution in [2.45, 2.75) is 25.3 Å². The molecule has 1 saturated carbocycles. The zero-order valence-electron chi connectivity index (χ0n) is 16.5. The van der Waals surface area contributed by atoms with Crippen LogP contribution in [0, 0.1) is 11.7 Å². The van der Waals surface area contributed by atoms with Gasteiger partial charge in [-0.25, -0.2) is 4.39 Å². The first kappa shape index (κ1) is 19.3. The van der Waals surface area contributed by atoms with E-state index < -0.39 is 16.8 Å². The molecule has 1 aliphatic carbocycles. The maximum atomic E-state index is 15.2. The summed E-state index contributed by atoms with van der Waals surface area (Å²) >= 11 is 1.17. The molecule has 3 aromatic rings. The molecule has 0 bridgehead atoms. The number of anilines is 1. The molecule has 2 aromatic heterocycles. The van der Waals surface area contributed by atoms with Gasteiger partial charge in [0.05, 0.1) is 16.9 Å². The normalized spacial score (nSPS) is 21.1. The number of H-pyrrole nitrogens is 1. The maximum Gasteiger partial charge on any atom is 0.271 e. The van der Waals surface area contributed by atoms with Crippen LogP contribution in [0.15, 0.2) is 26.9 Å². The molecule has 5 rings (SSSR count). The van der Waals surface area contributed by atoms with Gasteiger partial charge in [0.25, 0.3) is 5.56 Å². The Morgan fingerprint density at radius 3 is 2.87 bits per heavy atom. The Balaban J connectivity index is 1.68. The summed E-state index contributed by atoms with van der Waals surface area (Å²) in [6.45, 7) is 1.49. The van der Waals surface area contributed by atoms with Gasteiger partial charge in [-0.1, -0.05) is 5.16 Å². The summed E-state index contributed by atoms with van der Waals surface area (Å²) in [5, 5.41) is 4.43. The van der Waals surface area contributed by atoms with E-state index in [2.05, 4.69) is 9.53 Å². The second-order valence-electron chi connectivity index (χ2n) is 7.86. The van der Waals surface area contributed by atoms with Crippen molar-refractivity contribution in [3.8, 4) is 0 Å². The van der Waals surface area contributed by atoms with E-state index in [1.165, 1.54) is 24.7 Å². The van der Waals surface area contributed by atoms with E-state index in [9.17, 15) is 9.59 Å². The number of nitrogens with zero attached hydrogens (tertiary/aromatic N) is 3. The van der Waals surface area contributed by atoms with E-state index in [-0.39, 0.29) is 22.7 Å². The smallest absolute Gasteiger partial charge is 0.271 e. The van der Waals surface area contributed by atoms with E-state index in [4.69, 9.17) is 10.6 Å². The number of hydrogen-bond donors (Lipinski definition) is 2. The van der Waals surface area contributed by atoms with E-state index in [0.29, 0.717) is 42.1 Å². The standard InChI is InChI=1S/C20H22FN5O3S/c1-29-23-14-4-5-25(9-10(14)8-22)16-7-15-12(6-13(16)21)18(27)17-19(28)24-30-20(17)26(15)11-2-3-11/h6-7,10-11H,2-5,8-9,22H2,1H3,(H,24,28)/b23-14+. The summed E-state index contributed by atoms with van der Waals surface area (Å²) in [5.41, 5.74) is 7.07. The predicted molar refractivity (Wildman–Crippen MR) is 116 cm³/mol. The Bertz CT molecular complexity index is 1290. The van der Waals surface area contributed by atoms with Crippen LogP contribution >= 0.6 is 11.5 Å². The molecule has 1 unspecified atom stereocenters. The lowest BCUT2D eigenvalue weighted by molar-refractivity contribution is 0.209. The van der Waals surface area contributed by atoms with Crippen LogP contribution < -0.4 is 21.6 Å². The Hall–Kier alpha value is -2.72. The largest absolute Gasteiger partial charge is 0.399 e. The first-order valence-corrected chi connectivity index (χ1v) is 10.8. The molecule has 30 heavy (non-hydrogen) atoms. The molecule has 0 radical (unpaired) electrons. The van der Waals surface area contributed by atoms with Crippen molar-refractivity contribution in [1.29, 1.82) is 0 Å². The van der Waals surface area contributed by atoms with Gasteiger partial charge in [-0.2, -0.15) is 0 Å². The number of hydrogen-bond acceptors (Lipinski definition) is 7. The molecule has 1 aliphatic heterocycles. The Morgan fingerprint density at radius 1 is 1.37 bits per heavy atom. The van der Waals surface area contributed by atoms with Gasteiger partial charge in [0.2, 0.25) is 5.43 Å². The zero-order chi connectivity index (χ0) is 21.0. The van der Waals surface area contributed by atoms with E-state index >= 15 is 4.39 Å². The van der Waals surface area contributed by atoms with Crippen molar-refractivity contribution >= 4 is 44.1 Å². The molecule has 3 N–H and O–H groups in total. The highest BCUT2D eigenvalue weighted by Gasteiger charge is 2.31. The first-order valence-electron chi connectivity index (χ1n) is 9.97. The minimum absolute atomic E-state index is 0.0307. The molecule has 1 atom stereocenters. The van der Waals surface area contributed by atoms with Crippen LogP contribution in [0.1, 0.15) is 25.3 Å². The highest BCUT2D eigenvalue weighted by atomic mass is 32.1. The molecular formula is C20H22FN5O3S. The van der Waals surface area contributed by atoms with Gasteiger partial charge in [-0.15, -0.1) is 0 Å². The lowest BCUT2D eigenvalue weighted by Gasteiger charge is -2.35. The second-order valence-corrected chi connectivity index (χ2v) is 8.65. The topological polar surface area (TPSA) is 106 Å². The molecule has 10 heteroatoms. The SMILES string of the molecule is CO/N=C1\CCN(c2cc3c(cc2F)c(=O)c2c(=O)[nH]sc2n3C2CC2)CC1CN. The molecule has 3 heterocycles. The summed E-state index contributed by atoms with van der Waals surface area (Å²) in [6, 6.07) is 3.25. The number of halogens is 1. The number of benzene rings is 1. The number of nitrogens with one attached hydrogen (secondary N) is 1. The number of nitrogens with two attached hydrogens (primary N) is 1. The lowest BCUT2D eigenvalue weighted by atomic mass is 9.95. The quantitative estimate of drug-likeness (QED) is 0.616. The average Bonchev–Trinajstić information content (AvgIpc) is 3.50. The Morgan fingerprint density at radius 2 is 2.17 bits per heavy atom. The number of pyridine rings is 1. The number of piperidine rings is 1. The molecule has 2 aliphatic rings. The third-order valence-electron chi connectivity index (χ3n) is 5.99. The van der Waals surface area contributed by atoms with Crippen LogP contribution in [-0.2, 0) is 4.84 Å². The minimum Gasteiger partial charge on any atom is -0.399 e. The highest BCUT2D eigenvalue weighted by molar-refractivity contribution is 7.12. The molecule has 0 amide bonds. The summed E-state index contributed by atoms with van der Waals surface area (Å²) in [7, 11) is 1.50. The predicted octanol–water partition coefficient (Wildman–Crippen LogP) is 2.17. The van der Waals surface area contributed by atoms with Gasteiger partial charge in [-0.05, 0) is 36.5 Å². The fraction of sp³-hybridized carbons (Fsp3) is 0.450. The van der Waals surface area contributed by atoms with E-state index in [0.717, 1.165) is 18.6 Å². The molecule has 8 nitrogen and oxygen atoms in total. The van der Waals surface area contributed by atoms with Gasteiger partial charge in [0.15, 0.2) is 0 Å². The summed E-state index contributed by atoms with van der Waals surface area (Å²) in [4.78, 5) is 32.7. The molecular weight excluding hydrogens is 409 g/mol. The molecule has 0 spiro atoms. The van der Waals surface area contributed by atoms with Crippen LogP contribution in [0.5, 0.6) is 0 Å². The average molecular weight is 431 g/mol. The van der Waals surface area contributed by atoms with Gasteiger partial charge in [-0.3, -0.25) is 14.0 Å². The minimum atomic E-state index is -0.476. The zero-order valence-corrected chi connectivity index (χ0v) is 17.3. The first-order chi connectivity index (χ1) is 14.5. The summed E-state index contributed by atoms with van der Waals surface area (Å²) in [6.07, 6.45) is 2.57. The number of oxime groups is 1. The fourth-order valence-corrected chi connectivity index (χ4v) is 5.29. The number of fused-ring (bicyclic) bond motifs is 2.